The number of amides is 1. The first kappa shape index (κ1) is 13.2. The normalized spacial score (nSPS) is 10.4. The first-order chi connectivity index (χ1) is 7.91. The summed E-state index contributed by atoms with van der Waals surface area (Å²) in [6.45, 7) is 5.53. The van der Waals surface area contributed by atoms with E-state index in [1.54, 1.807) is 27.0 Å². The predicted molar refractivity (Wildman–Crippen MR) is 62.6 cm³/mol. The molecule has 0 unspecified atom stereocenters. The SMILES string of the molecule is Cc1ncc(CNC(=O)C(C)C)cc1C(=O)O. The molecule has 0 atom stereocenters. The molecule has 0 aromatic carbocycles. The van der Waals surface area contributed by atoms with Crippen LogP contribution in [0.2, 0.25) is 0 Å². The third-order valence-corrected chi connectivity index (χ3v) is 2.37. The Balaban J connectivity index is 2.76. The molecule has 1 amide bonds. The fraction of sp³-hybridized carbons (Fsp3) is 0.417. The van der Waals surface area contributed by atoms with Crippen molar-refractivity contribution >= 4 is 11.9 Å². The van der Waals surface area contributed by atoms with Gasteiger partial charge < -0.3 is 10.4 Å². The van der Waals surface area contributed by atoms with Gasteiger partial charge in [-0.2, -0.15) is 0 Å². The maximum atomic E-state index is 11.4. The van der Waals surface area contributed by atoms with Gasteiger partial charge in [0.1, 0.15) is 0 Å². The van der Waals surface area contributed by atoms with Crippen LogP contribution in [0.3, 0.4) is 0 Å². The van der Waals surface area contributed by atoms with Crippen molar-refractivity contribution in [2.45, 2.75) is 27.3 Å². The molecule has 92 valence electrons. The summed E-state index contributed by atoms with van der Waals surface area (Å²) >= 11 is 0. The predicted octanol–water partition coefficient (Wildman–Crippen LogP) is 1.36. The summed E-state index contributed by atoms with van der Waals surface area (Å²) in [6.07, 6.45) is 1.57. The lowest BCUT2D eigenvalue weighted by Gasteiger charge is -2.08. The average Bonchev–Trinajstić information content (AvgIpc) is 2.26. The molecule has 0 saturated carbocycles. The van der Waals surface area contributed by atoms with Crippen molar-refractivity contribution in [3.8, 4) is 0 Å². The highest BCUT2D eigenvalue weighted by Crippen LogP contribution is 2.08. The number of carboxylic acids is 1. The second kappa shape index (κ2) is 5.43. The van der Waals surface area contributed by atoms with Crippen LogP contribution < -0.4 is 5.32 Å². The van der Waals surface area contributed by atoms with E-state index in [1.807, 2.05) is 0 Å². The molecule has 0 aliphatic carbocycles. The van der Waals surface area contributed by atoms with E-state index in [9.17, 15) is 9.59 Å². The molecule has 1 rings (SSSR count). The third kappa shape index (κ3) is 3.55. The van der Waals surface area contributed by atoms with Crippen molar-refractivity contribution in [2.75, 3.05) is 0 Å². The van der Waals surface area contributed by atoms with Gasteiger partial charge in [0.25, 0.3) is 0 Å². The Morgan fingerprint density at radius 1 is 1.47 bits per heavy atom. The summed E-state index contributed by atoms with van der Waals surface area (Å²) in [4.78, 5) is 26.2. The minimum atomic E-state index is -1.01. The fourth-order valence-electron chi connectivity index (χ4n) is 1.28. The standard InChI is InChI=1S/C12H16N2O3/c1-7(2)11(15)14-6-9-4-10(12(16)17)8(3)13-5-9/h4-5,7H,6H2,1-3H3,(H,14,15)(H,16,17). The maximum absolute atomic E-state index is 11.4. The number of hydrogen-bond acceptors (Lipinski definition) is 3. The lowest BCUT2D eigenvalue weighted by Crippen LogP contribution is -2.27. The van der Waals surface area contributed by atoms with Crippen LogP contribution in [0.5, 0.6) is 0 Å². The zero-order valence-corrected chi connectivity index (χ0v) is 10.2. The first-order valence-electron chi connectivity index (χ1n) is 5.38. The van der Waals surface area contributed by atoms with Gasteiger partial charge in [-0.15, -0.1) is 0 Å². The monoisotopic (exact) mass is 236 g/mol. The number of pyridine rings is 1. The van der Waals surface area contributed by atoms with Crippen molar-refractivity contribution in [1.29, 1.82) is 0 Å². The van der Waals surface area contributed by atoms with Gasteiger partial charge in [0, 0.05) is 18.7 Å². The van der Waals surface area contributed by atoms with Gasteiger partial charge in [-0.1, -0.05) is 13.8 Å². The van der Waals surface area contributed by atoms with Crippen LogP contribution >= 0.6 is 0 Å². The molecule has 1 aromatic heterocycles. The number of aromatic carboxylic acids is 1. The topological polar surface area (TPSA) is 79.3 Å². The van der Waals surface area contributed by atoms with Crippen LogP contribution in [-0.4, -0.2) is 22.0 Å². The van der Waals surface area contributed by atoms with E-state index in [4.69, 9.17) is 5.11 Å². The summed E-state index contributed by atoms with van der Waals surface area (Å²) < 4.78 is 0. The summed E-state index contributed by atoms with van der Waals surface area (Å²) in [6, 6.07) is 1.53. The molecule has 0 saturated heterocycles. The number of aromatic nitrogens is 1. The Morgan fingerprint density at radius 3 is 2.65 bits per heavy atom. The molecule has 0 radical (unpaired) electrons. The van der Waals surface area contributed by atoms with Gasteiger partial charge in [0.15, 0.2) is 0 Å². The van der Waals surface area contributed by atoms with Crippen LogP contribution in [0.25, 0.3) is 0 Å². The zero-order valence-electron chi connectivity index (χ0n) is 10.2. The fourth-order valence-corrected chi connectivity index (χ4v) is 1.28. The number of hydrogen-bond donors (Lipinski definition) is 2. The Bertz CT molecular complexity index is 441. The van der Waals surface area contributed by atoms with E-state index in [2.05, 4.69) is 10.3 Å². The zero-order chi connectivity index (χ0) is 13.0. The van der Waals surface area contributed by atoms with Crippen LogP contribution in [0.15, 0.2) is 12.3 Å². The van der Waals surface area contributed by atoms with E-state index < -0.39 is 5.97 Å². The van der Waals surface area contributed by atoms with Gasteiger partial charge in [-0.25, -0.2) is 4.79 Å². The van der Waals surface area contributed by atoms with Crippen LogP contribution in [0, 0.1) is 12.8 Å². The van der Waals surface area contributed by atoms with Crippen LogP contribution in [0.4, 0.5) is 0 Å². The second-order valence-electron chi connectivity index (χ2n) is 4.15. The van der Waals surface area contributed by atoms with Crippen molar-refractivity contribution in [3.05, 3.63) is 29.1 Å². The molecule has 0 bridgehead atoms. The molecule has 0 aliphatic rings. The minimum absolute atomic E-state index is 0.0672. The highest BCUT2D eigenvalue weighted by Gasteiger charge is 2.10. The Labute approximate surface area is 99.9 Å². The molecule has 0 aliphatic heterocycles. The number of carbonyl (C=O) groups excluding carboxylic acids is 1. The molecular weight excluding hydrogens is 220 g/mol. The van der Waals surface area contributed by atoms with Crippen LogP contribution in [0.1, 0.15) is 35.5 Å². The molecule has 1 heterocycles. The summed E-state index contributed by atoms with van der Waals surface area (Å²) in [5.74, 6) is -1.16. The average molecular weight is 236 g/mol. The van der Waals surface area contributed by atoms with Gasteiger partial charge >= 0.3 is 5.97 Å². The quantitative estimate of drug-likeness (QED) is 0.827. The highest BCUT2D eigenvalue weighted by molar-refractivity contribution is 5.88. The summed E-state index contributed by atoms with van der Waals surface area (Å²) in [5.41, 5.74) is 1.32. The highest BCUT2D eigenvalue weighted by atomic mass is 16.4. The number of nitrogens with zero attached hydrogens (tertiary/aromatic N) is 1. The maximum Gasteiger partial charge on any atom is 0.337 e. The molecular formula is C12H16N2O3. The largest absolute Gasteiger partial charge is 0.478 e. The Kier molecular flexibility index (Phi) is 4.20. The molecule has 1 aromatic rings. The van der Waals surface area contributed by atoms with Gasteiger partial charge in [0.05, 0.1) is 11.3 Å². The van der Waals surface area contributed by atoms with Crippen molar-refractivity contribution < 1.29 is 14.7 Å². The second-order valence-corrected chi connectivity index (χ2v) is 4.15. The molecule has 5 nitrogen and oxygen atoms in total. The molecule has 0 fully saturated rings. The van der Waals surface area contributed by atoms with E-state index >= 15 is 0 Å². The number of aryl methyl sites for hydroxylation is 1. The van der Waals surface area contributed by atoms with Crippen molar-refractivity contribution in [1.82, 2.24) is 10.3 Å². The van der Waals surface area contributed by atoms with Crippen molar-refractivity contribution in [2.24, 2.45) is 5.92 Å². The Hall–Kier alpha value is -1.91. The van der Waals surface area contributed by atoms with E-state index in [0.717, 1.165) is 0 Å². The van der Waals surface area contributed by atoms with Gasteiger partial charge in [0.2, 0.25) is 5.91 Å². The molecule has 0 spiro atoms. The molecule has 5 heteroatoms. The van der Waals surface area contributed by atoms with Crippen LogP contribution in [-0.2, 0) is 11.3 Å². The third-order valence-electron chi connectivity index (χ3n) is 2.37. The number of carboxylic acid groups (broad SMARTS) is 1. The lowest BCUT2D eigenvalue weighted by molar-refractivity contribution is -0.124. The first-order valence-corrected chi connectivity index (χ1v) is 5.38. The lowest BCUT2D eigenvalue weighted by atomic mass is 10.1. The number of carbonyl (C=O) groups is 2. The van der Waals surface area contributed by atoms with E-state index in [-0.39, 0.29) is 17.4 Å². The smallest absolute Gasteiger partial charge is 0.337 e. The van der Waals surface area contributed by atoms with Gasteiger partial charge in [-0.3, -0.25) is 9.78 Å². The van der Waals surface area contributed by atoms with E-state index in [1.165, 1.54) is 6.07 Å². The molecule has 17 heavy (non-hydrogen) atoms. The number of nitrogens with one attached hydrogen (secondary N) is 1. The minimum Gasteiger partial charge on any atom is -0.478 e. The Morgan fingerprint density at radius 2 is 2.12 bits per heavy atom. The summed E-state index contributed by atoms with van der Waals surface area (Å²) in [5, 5.41) is 11.6. The summed E-state index contributed by atoms with van der Waals surface area (Å²) in [7, 11) is 0. The molecule has 2 N–H and O–H groups in total. The van der Waals surface area contributed by atoms with Gasteiger partial charge in [-0.05, 0) is 18.6 Å². The number of rotatable bonds is 4. The van der Waals surface area contributed by atoms with E-state index in [0.29, 0.717) is 17.8 Å². The van der Waals surface area contributed by atoms with Crippen molar-refractivity contribution in [3.63, 3.8) is 0 Å².